The van der Waals surface area contributed by atoms with Crippen LogP contribution in [0.1, 0.15) is 24.3 Å². The Bertz CT molecular complexity index is 376. The molecule has 1 saturated heterocycles. The molecule has 4 heteroatoms. The Morgan fingerprint density at radius 3 is 2.94 bits per heavy atom. The Morgan fingerprint density at radius 1 is 1.50 bits per heavy atom. The van der Waals surface area contributed by atoms with Crippen LogP contribution in [0, 0.1) is 0 Å². The molecule has 3 nitrogen and oxygen atoms in total. The summed E-state index contributed by atoms with van der Waals surface area (Å²) < 4.78 is 5.17. The maximum Gasteiger partial charge on any atom is 0.138 e. The molecule has 1 aromatic carbocycles. The summed E-state index contributed by atoms with van der Waals surface area (Å²) in [5, 5.41) is 13.7. The molecule has 88 valence electrons. The largest absolute Gasteiger partial charge is 0.508 e. The monoisotopic (exact) mass is 241 g/mol. The van der Waals surface area contributed by atoms with Crippen LogP contribution >= 0.6 is 11.6 Å². The Labute approximate surface area is 100 Å². The number of rotatable bonds is 2. The standard InChI is InChI=1S/C12H16ClNO2/c1-16-12-5-9(11(15)6-10(12)13)8-3-2-4-14-7-8/h5-6,8,14-15H,2-4,7H2,1H3. The third kappa shape index (κ3) is 2.25. The summed E-state index contributed by atoms with van der Waals surface area (Å²) >= 11 is 5.94. The van der Waals surface area contributed by atoms with Crippen LogP contribution in [0.2, 0.25) is 5.02 Å². The van der Waals surface area contributed by atoms with Crippen LogP contribution in [0.5, 0.6) is 11.5 Å². The number of piperidine rings is 1. The number of ether oxygens (including phenoxy) is 1. The number of benzene rings is 1. The fourth-order valence-corrected chi connectivity index (χ4v) is 2.39. The van der Waals surface area contributed by atoms with Crippen molar-refractivity contribution < 1.29 is 9.84 Å². The van der Waals surface area contributed by atoms with Gasteiger partial charge in [-0.1, -0.05) is 11.6 Å². The highest BCUT2D eigenvalue weighted by molar-refractivity contribution is 6.32. The highest BCUT2D eigenvalue weighted by Crippen LogP contribution is 2.37. The molecule has 1 fully saturated rings. The van der Waals surface area contributed by atoms with E-state index in [0.29, 0.717) is 16.7 Å². The highest BCUT2D eigenvalue weighted by atomic mass is 35.5. The number of hydrogen-bond donors (Lipinski definition) is 2. The molecule has 1 aliphatic rings. The van der Waals surface area contributed by atoms with E-state index in [4.69, 9.17) is 16.3 Å². The van der Waals surface area contributed by atoms with Crippen LogP contribution in [0.15, 0.2) is 12.1 Å². The molecule has 0 saturated carbocycles. The molecule has 1 aliphatic heterocycles. The van der Waals surface area contributed by atoms with Gasteiger partial charge in [-0.3, -0.25) is 0 Å². The molecule has 0 aliphatic carbocycles. The van der Waals surface area contributed by atoms with Crippen molar-refractivity contribution in [2.75, 3.05) is 20.2 Å². The fraction of sp³-hybridized carbons (Fsp3) is 0.500. The van der Waals surface area contributed by atoms with Gasteiger partial charge in [-0.05, 0) is 25.5 Å². The Balaban J connectivity index is 2.31. The van der Waals surface area contributed by atoms with Crippen molar-refractivity contribution >= 4 is 11.6 Å². The molecule has 0 spiro atoms. The van der Waals surface area contributed by atoms with E-state index >= 15 is 0 Å². The zero-order valence-electron chi connectivity index (χ0n) is 9.29. The average Bonchev–Trinajstić information content (AvgIpc) is 2.30. The van der Waals surface area contributed by atoms with Gasteiger partial charge in [0.25, 0.3) is 0 Å². The van der Waals surface area contributed by atoms with E-state index in [0.717, 1.165) is 31.5 Å². The van der Waals surface area contributed by atoms with Crippen LogP contribution in [0.4, 0.5) is 0 Å². The summed E-state index contributed by atoms with van der Waals surface area (Å²) in [6.45, 7) is 1.96. The number of hydrogen-bond acceptors (Lipinski definition) is 3. The van der Waals surface area contributed by atoms with Gasteiger partial charge in [0, 0.05) is 24.1 Å². The molecule has 0 bridgehead atoms. The lowest BCUT2D eigenvalue weighted by Gasteiger charge is -2.24. The van der Waals surface area contributed by atoms with Crippen molar-refractivity contribution in [3.05, 3.63) is 22.7 Å². The summed E-state index contributed by atoms with van der Waals surface area (Å²) in [6.07, 6.45) is 2.22. The fourth-order valence-electron chi connectivity index (χ4n) is 2.16. The maximum absolute atomic E-state index is 9.90. The molecule has 2 N–H and O–H groups in total. The average molecular weight is 242 g/mol. The zero-order chi connectivity index (χ0) is 11.5. The number of methoxy groups -OCH3 is 1. The van der Waals surface area contributed by atoms with Gasteiger partial charge in [0.2, 0.25) is 0 Å². The van der Waals surface area contributed by atoms with E-state index in [1.165, 1.54) is 0 Å². The second-order valence-corrected chi connectivity index (χ2v) is 4.50. The molecule has 1 unspecified atom stereocenters. The van der Waals surface area contributed by atoms with E-state index in [9.17, 15) is 5.11 Å². The van der Waals surface area contributed by atoms with Crippen LogP contribution in [-0.2, 0) is 0 Å². The Kier molecular flexibility index (Phi) is 3.56. The van der Waals surface area contributed by atoms with E-state index in [1.807, 2.05) is 6.07 Å². The van der Waals surface area contributed by atoms with Crippen molar-refractivity contribution in [2.45, 2.75) is 18.8 Å². The van der Waals surface area contributed by atoms with Crippen LogP contribution in [0.25, 0.3) is 0 Å². The molecule has 0 radical (unpaired) electrons. The number of aromatic hydroxyl groups is 1. The first-order chi connectivity index (χ1) is 7.72. The summed E-state index contributed by atoms with van der Waals surface area (Å²) in [4.78, 5) is 0. The Morgan fingerprint density at radius 2 is 2.31 bits per heavy atom. The van der Waals surface area contributed by atoms with Crippen molar-refractivity contribution in [1.29, 1.82) is 0 Å². The predicted octanol–water partition coefficient (Wildman–Crippen LogP) is 2.52. The zero-order valence-corrected chi connectivity index (χ0v) is 10.0. The molecular weight excluding hydrogens is 226 g/mol. The van der Waals surface area contributed by atoms with E-state index in [1.54, 1.807) is 13.2 Å². The quantitative estimate of drug-likeness (QED) is 0.836. The first-order valence-corrected chi connectivity index (χ1v) is 5.87. The summed E-state index contributed by atoms with van der Waals surface area (Å²) in [5.41, 5.74) is 0.924. The van der Waals surface area contributed by atoms with Gasteiger partial charge in [0.1, 0.15) is 11.5 Å². The number of halogens is 1. The molecular formula is C12H16ClNO2. The second-order valence-electron chi connectivity index (χ2n) is 4.09. The summed E-state index contributed by atoms with van der Waals surface area (Å²) in [5.74, 6) is 1.24. The third-order valence-corrected chi connectivity index (χ3v) is 3.33. The molecule has 1 atom stereocenters. The lowest BCUT2D eigenvalue weighted by atomic mass is 9.91. The Hall–Kier alpha value is -0.930. The molecule has 0 amide bonds. The lowest BCUT2D eigenvalue weighted by molar-refractivity contribution is 0.402. The number of phenols is 1. The number of phenolic OH excluding ortho intramolecular Hbond substituents is 1. The molecule has 0 aromatic heterocycles. The molecule has 1 heterocycles. The van der Waals surface area contributed by atoms with Gasteiger partial charge in [0.05, 0.1) is 12.1 Å². The summed E-state index contributed by atoms with van der Waals surface area (Å²) in [7, 11) is 1.58. The van der Waals surface area contributed by atoms with Crippen molar-refractivity contribution in [2.24, 2.45) is 0 Å². The minimum Gasteiger partial charge on any atom is -0.508 e. The minimum absolute atomic E-state index is 0.263. The van der Waals surface area contributed by atoms with E-state index in [-0.39, 0.29) is 5.75 Å². The van der Waals surface area contributed by atoms with Gasteiger partial charge >= 0.3 is 0 Å². The topological polar surface area (TPSA) is 41.5 Å². The van der Waals surface area contributed by atoms with Gasteiger partial charge in [0.15, 0.2) is 0 Å². The van der Waals surface area contributed by atoms with Crippen molar-refractivity contribution in [1.82, 2.24) is 5.32 Å². The molecule has 16 heavy (non-hydrogen) atoms. The first kappa shape index (κ1) is 11.6. The van der Waals surface area contributed by atoms with Crippen LogP contribution < -0.4 is 10.1 Å². The van der Waals surface area contributed by atoms with E-state index < -0.39 is 0 Å². The molecule has 2 rings (SSSR count). The second kappa shape index (κ2) is 4.93. The highest BCUT2D eigenvalue weighted by Gasteiger charge is 2.20. The van der Waals surface area contributed by atoms with Gasteiger partial charge in [-0.25, -0.2) is 0 Å². The lowest BCUT2D eigenvalue weighted by Crippen LogP contribution is -2.28. The van der Waals surface area contributed by atoms with Crippen molar-refractivity contribution in [3.63, 3.8) is 0 Å². The van der Waals surface area contributed by atoms with Crippen LogP contribution in [0.3, 0.4) is 0 Å². The first-order valence-electron chi connectivity index (χ1n) is 5.49. The van der Waals surface area contributed by atoms with Crippen LogP contribution in [-0.4, -0.2) is 25.3 Å². The maximum atomic E-state index is 9.90. The predicted molar refractivity (Wildman–Crippen MR) is 64.5 cm³/mol. The van der Waals surface area contributed by atoms with Gasteiger partial charge in [-0.2, -0.15) is 0 Å². The van der Waals surface area contributed by atoms with Gasteiger partial charge < -0.3 is 15.2 Å². The number of nitrogens with one attached hydrogen (secondary N) is 1. The summed E-state index contributed by atoms with van der Waals surface area (Å²) in [6, 6.07) is 3.40. The SMILES string of the molecule is COc1cc(C2CCCNC2)c(O)cc1Cl. The van der Waals surface area contributed by atoms with Gasteiger partial charge in [-0.15, -0.1) is 0 Å². The normalized spacial score (nSPS) is 20.8. The van der Waals surface area contributed by atoms with Crippen molar-refractivity contribution in [3.8, 4) is 11.5 Å². The third-order valence-electron chi connectivity index (χ3n) is 3.04. The smallest absolute Gasteiger partial charge is 0.138 e. The van der Waals surface area contributed by atoms with E-state index in [2.05, 4.69) is 5.32 Å². The molecule has 1 aromatic rings. The minimum atomic E-state index is 0.263.